The zero-order valence-corrected chi connectivity index (χ0v) is 9.91. The summed E-state index contributed by atoms with van der Waals surface area (Å²) in [7, 11) is -2.01. The summed E-state index contributed by atoms with van der Waals surface area (Å²) in [4.78, 5) is 11.2. The van der Waals surface area contributed by atoms with Gasteiger partial charge in [-0.3, -0.25) is 4.79 Å². The molecule has 0 bridgehead atoms. The average Bonchev–Trinajstić information content (AvgIpc) is 2.18. The molecule has 1 aromatic rings. The zero-order valence-electron chi connectivity index (χ0n) is 8.91. The van der Waals surface area contributed by atoms with Crippen LogP contribution in [0.1, 0.15) is 13.3 Å². The fourth-order valence-electron chi connectivity index (χ4n) is 1.26. The average molecular weight is 208 g/mol. The second-order valence-corrected chi connectivity index (χ2v) is 7.51. The van der Waals surface area contributed by atoms with Gasteiger partial charge in [-0.1, -0.05) is 37.3 Å². The van der Waals surface area contributed by atoms with Crippen LogP contribution in [0.5, 0.6) is 0 Å². The van der Waals surface area contributed by atoms with Gasteiger partial charge in [0.25, 0.3) is 14.3 Å². The predicted molar refractivity (Wildman–Crippen MR) is 59.9 cm³/mol. The Balaban J connectivity index is 2.80. The highest BCUT2D eigenvalue weighted by molar-refractivity contribution is 6.85. The van der Waals surface area contributed by atoms with Crippen LogP contribution in [0.3, 0.4) is 0 Å². The molecule has 0 N–H and O–H groups in total. The summed E-state index contributed by atoms with van der Waals surface area (Å²) in [6.07, 6.45) is 0.448. The van der Waals surface area contributed by atoms with Crippen molar-refractivity contribution < 1.29 is 9.22 Å². The van der Waals surface area contributed by atoms with Crippen LogP contribution in [-0.4, -0.2) is 14.3 Å². The van der Waals surface area contributed by atoms with Gasteiger partial charge in [-0.2, -0.15) is 0 Å². The summed E-state index contributed by atoms with van der Waals surface area (Å²) in [6, 6.07) is 9.97. The summed E-state index contributed by atoms with van der Waals surface area (Å²) in [5.41, 5.74) is 0. The Labute approximate surface area is 86.0 Å². The molecule has 1 rings (SSSR count). The molecule has 0 fully saturated rings. The summed E-state index contributed by atoms with van der Waals surface area (Å²) in [5, 5.41) is 1.15. The molecular weight excluding hydrogens is 192 g/mol. The van der Waals surface area contributed by atoms with E-state index in [1.54, 1.807) is 0 Å². The monoisotopic (exact) mass is 208 g/mol. The van der Waals surface area contributed by atoms with Crippen molar-refractivity contribution >= 4 is 19.5 Å². The highest BCUT2D eigenvalue weighted by atomic mass is 28.4. The molecule has 14 heavy (non-hydrogen) atoms. The SMILES string of the molecule is CCC(=O)O[Si](C)(C)c1ccccc1. The second-order valence-electron chi connectivity index (χ2n) is 3.70. The van der Waals surface area contributed by atoms with Crippen molar-refractivity contribution in [3.8, 4) is 0 Å². The maximum absolute atomic E-state index is 11.2. The molecule has 0 atom stereocenters. The number of benzene rings is 1. The molecule has 0 aliphatic heterocycles. The van der Waals surface area contributed by atoms with Crippen molar-refractivity contribution in [1.82, 2.24) is 0 Å². The standard InChI is InChI=1S/C11H16O2Si/c1-4-11(12)13-14(2,3)10-8-6-5-7-9-10/h5-9H,4H2,1-3H3. The Morgan fingerprint density at radius 3 is 2.36 bits per heavy atom. The van der Waals surface area contributed by atoms with Crippen LogP contribution in [0.15, 0.2) is 30.3 Å². The first kappa shape index (κ1) is 11.0. The van der Waals surface area contributed by atoms with E-state index in [0.717, 1.165) is 5.19 Å². The van der Waals surface area contributed by atoms with Gasteiger partial charge in [0, 0.05) is 6.42 Å². The van der Waals surface area contributed by atoms with E-state index in [1.165, 1.54) is 0 Å². The third kappa shape index (κ3) is 2.70. The quantitative estimate of drug-likeness (QED) is 0.711. The normalized spacial score (nSPS) is 11.1. The van der Waals surface area contributed by atoms with Gasteiger partial charge in [0.2, 0.25) is 0 Å². The van der Waals surface area contributed by atoms with Gasteiger partial charge in [0.15, 0.2) is 0 Å². The van der Waals surface area contributed by atoms with Crippen molar-refractivity contribution in [2.45, 2.75) is 26.4 Å². The molecule has 3 heteroatoms. The Morgan fingerprint density at radius 2 is 1.86 bits per heavy atom. The van der Waals surface area contributed by atoms with Gasteiger partial charge in [-0.25, -0.2) is 0 Å². The molecule has 0 saturated heterocycles. The van der Waals surface area contributed by atoms with Crippen LogP contribution in [0.2, 0.25) is 13.1 Å². The van der Waals surface area contributed by atoms with E-state index in [1.807, 2.05) is 50.3 Å². The third-order valence-corrected chi connectivity index (χ3v) is 4.59. The van der Waals surface area contributed by atoms with E-state index >= 15 is 0 Å². The molecule has 0 unspecified atom stereocenters. The van der Waals surface area contributed by atoms with E-state index in [4.69, 9.17) is 4.43 Å². The number of carbonyl (C=O) groups is 1. The number of hydrogen-bond donors (Lipinski definition) is 0. The topological polar surface area (TPSA) is 26.3 Å². The minimum Gasteiger partial charge on any atom is -0.515 e. The van der Waals surface area contributed by atoms with Crippen LogP contribution >= 0.6 is 0 Å². The number of hydrogen-bond acceptors (Lipinski definition) is 2. The first-order valence-corrected chi connectivity index (χ1v) is 7.74. The Morgan fingerprint density at radius 1 is 1.29 bits per heavy atom. The maximum Gasteiger partial charge on any atom is 0.292 e. The number of carbonyl (C=O) groups excluding carboxylic acids is 1. The lowest BCUT2D eigenvalue weighted by atomic mass is 10.4. The Kier molecular flexibility index (Phi) is 3.47. The van der Waals surface area contributed by atoms with Gasteiger partial charge in [-0.15, -0.1) is 0 Å². The molecule has 76 valence electrons. The van der Waals surface area contributed by atoms with Crippen LogP contribution in [0.4, 0.5) is 0 Å². The third-order valence-electron chi connectivity index (χ3n) is 2.13. The van der Waals surface area contributed by atoms with E-state index < -0.39 is 8.32 Å². The van der Waals surface area contributed by atoms with Gasteiger partial charge in [0.05, 0.1) is 0 Å². The van der Waals surface area contributed by atoms with Gasteiger partial charge >= 0.3 is 0 Å². The Bertz CT molecular complexity index is 306. The maximum atomic E-state index is 11.2. The van der Waals surface area contributed by atoms with E-state index in [0.29, 0.717) is 6.42 Å². The van der Waals surface area contributed by atoms with Crippen molar-refractivity contribution in [3.05, 3.63) is 30.3 Å². The summed E-state index contributed by atoms with van der Waals surface area (Å²) < 4.78 is 5.47. The molecule has 1 aromatic carbocycles. The van der Waals surface area contributed by atoms with E-state index in [-0.39, 0.29) is 5.97 Å². The summed E-state index contributed by atoms with van der Waals surface area (Å²) in [5.74, 6) is -0.106. The summed E-state index contributed by atoms with van der Waals surface area (Å²) >= 11 is 0. The van der Waals surface area contributed by atoms with Crippen molar-refractivity contribution in [2.24, 2.45) is 0 Å². The molecule has 0 aromatic heterocycles. The van der Waals surface area contributed by atoms with Gasteiger partial charge < -0.3 is 4.43 Å². The molecule has 0 radical (unpaired) electrons. The minimum atomic E-state index is -2.01. The summed E-state index contributed by atoms with van der Waals surface area (Å²) in [6.45, 7) is 5.89. The predicted octanol–water partition coefficient (Wildman–Crippen LogP) is 2.05. The highest BCUT2D eigenvalue weighted by Crippen LogP contribution is 2.06. The highest BCUT2D eigenvalue weighted by Gasteiger charge is 2.28. The molecule has 0 heterocycles. The van der Waals surface area contributed by atoms with Crippen molar-refractivity contribution in [2.75, 3.05) is 0 Å². The Hall–Kier alpha value is -1.09. The zero-order chi connectivity index (χ0) is 10.6. The second kappa shape index (κ2) is 4.42. The lowest BCUT2D eigenvalue weighted by molar-refractivity contribution is -0.134. The first-order valence-electron chi connectivity index (χ1n) is 4.83. The first-order chi connectivity index (χ1) is 6.56. The molecular formula is C11H16O2Si. The lowest BCUT2D eigenvalue weighted by Crippen LogP contribution is -2.46. The molecule has 0 aliphatic carbocycles. The van der Waals surface area contributed by atoms with Gasteiger partial charge in [-0.05, 0) is 18.3 Å². The van der Waals surface area contributed by atoms with Crippen LogP contribution in [-0.2, 0) is 9.22 Å². The molecule has 2 nitrogen and oxygen atoms in total. The molecule has 0 spiro atoms. The van der Waals surface area contributed by atoms with Crippen LogP contribution in [0.25, 0.3) is 0 Å². The molecule has 0 amide bonds. The largest absolute Gasteiger partial charge is 0.515 e. The van der Waals surface area contributed by atoms with E-state index in [2.05, 4.69) is 0 Å². The molecule has 0 aliphatic rings. The van der Waals surface area contributed by atoms with E-state index in [9.17, 15) is 4.79 Å². The van der Waals surface area contributed by atoms with Gasteiger partial charge in [0.1, 0.15) is 0 Å². The minimum absolute atomic E-state index is 0.106. The number of rotatable bonds is 3. The van der Waals surface area contributed by atoms with Crippen LogP contribution < -0.4 is 5.19 Å². The van der Waals surface area contributed by atoms with Crippen molar-refractivity contribution in [1.29, 1.82) is 0 Å². The van der Waals surface area contributed by atoms with Crippen molar-refractivity contribution in [3.63, 3.8) is 0 Å². The van der Waals surface area contributed by atoms with Crippen LogP contribution in [0, 0.1) is 0 Å². The fourth-order valence-corrected chi connectivity index (χ4v) is 3.08. The lowest BCUT2D eigenvalue weighted by Gasteiger charge is -2.22. The molecule has 0 saturated carbocycles. The smallest absolute Gasteiger partial charge is 0.292 e. The fraction of sp³-hybridized carbons (Fsp3) is 0.364.